The Morgan fingerprint density at radius 2 is 2.00 bits per heavy atom. The molecule has 0 amide bonds. The summed E-state index contributed by atoms with van der Waals surface area (Å²) in [5.74, 6) is -5.01. The van der Waals surface area contributed by atoms with E-state index in [0.29, 0.717) is 0 Å². The van der Waals surface area contributed by atoms with Gasteiger partial charge in [0.05, 0.1) is 23.5 Å². The summed E-state index contributed by atoms with van der Waals surface area (Å²) >= 11 is 5.58. The van der Waals surface area contributed by atoms with Gasteiger partial charge in [-0.1, -0.05) is 0 Å². The molecule has 0 saturated carbocycles. The summed E-state index contributed by atoms with van der Waals surface area (Å²) in [6.07, 6.45) is -3.80. The van der Waals surface area contributed by atoms with Gasteiger partial charge in [0.15, 0.2) is 0 Å². The Bertz CT molecular complexity index is 638. The fourth-order valence-electron chi connectivity index (χ4n) is 1.86. The van der Waals surface area contributed by atoms with Gasteiger partial charge in [0.1, 0.15) is 11.6 Å². The number of aromatic nitrogens is 2. The predicted octanol–water partition coefficient (Wildman–Crippen LogP) is 4.12. The smallest absolute Gasteiger partial charge is 0.321 e. The first-order valence-electron chi connectivity index (χ1n) is 5.63. The highest BCUT2D eigenvalue weighted by Gasteiger charge is 2.41. The molecule has 0 unspecified atom stereocenters. The van der Waals surface area contributed by atoms with E-state index < -0.39 is 24.7 Å². The molecule has 0 fully saturated rings. The van der Waals surface area contributed by atoms with Crippen LogP contribution in [-0.2, 0) is 12.4 Å². The average molecular weight is 313 g/mol. The second-order valence-electron chi connectivity index (χ2n) is 4.40. The van der Waals surface area contributed by atoms with Crippen molar-refractivity contribution in [2.45, 2.75) is 31.7 Å². The van der Waals surface area contributed by atoms with Gasteiger partial charge in [0, 0.05) is 6.07 Å². The van der Waals surface area contributed by atoms with Gasteiger partial charge in [-0.05, 0) is 18.6 Å². The molecule has 2 aromatic rings. The monoisotopic (exact) mass is 312 g/mol. The highest BCUT2D eigenvalue weighted by atomic mass is 35.5. The zero-order valence-corrected chi connectivity index (χ0v) is 11.1. The number of nitrogens with zero attached hydrogens (tertiary/aromatic N) is 2. The van der Waals surface area contributed by atoms with Crippen molar-refractivity contribution in [3.63, 3.8) is 0 Å². The number of imidazole rings is 1. The lowest BCUT2D eigenvalue weighted by atomic mass is 10.2. The molecule has 20 heavy (non-hydrogen) atoms. The van der Waals surface area contributed by atoms with Gasteiger partial charge in [-0.2, -0.15) is 8.78 Å². The van der Waals surface area contributed by atoms with Crippen molar-refractivity contribution in [3.8, 4) is 0 Å². The maximum absolute atomic E-state index is 13.4. The Morgan fingerprint density at radius 1 is 1.35 bits per heavy atom. The Morgan fingerprint density at radius 3 is 2.55 bits per heavy atom. The second-order valence-corrected chi connectivity index (χ2v) is 4.67. The van der Waals surface area contributed by atoms with Crippen molar-refractivity contribution in [1.82, 2.24) is 9.55 Å². The molecular formula is C12H10ClF5N2. The molecule has 0 aliphatic heterocycles. The molecular weight excluding hydrogens is 303 g/mol. The molecule has 0 spiro atoms. The van der Waals surface area contributed by atoms with Crippen LogP contribution in [-0.4, -0.2) is 21.9 Å². The van der Waals surface area contributed by atoms with Crippen molar-refractivity contribution >= 4 is 22.6 Å². The lowest BCUT2D eigenvalue weighted by Gasteiger charge is -2.17. The van der Waals surface area contributed by atoms with Crippen LogP contribution in [0.3, 0.4) is 0 Å². The minimum Gasteiger partial charge on any atom is -0.321 e. The highest BCUT2D eigenvalue weighted by Crippen LogP contribution is 2.29. The molecule has 0 atom stereocenters. The first-order valence-corrected chi connectivity index (χ1v) is 6.17. The number of benzene rings is 1. The van der Waals surface area contributed by atoms with Crippen LogP contribution in [0.15, 0.2) is 12.1 Å². The molecule has 0 aliphatic rings. The Hall–Kier alpha value is -1.37. The normalized spacial score (nSPS) is 12.6. The topological polar surface area (TPSA) is 17.8 Å². The lowest BCUT2D eigenvalue weighted by molar-refractivity contribution is -0.137. The SMILES string of the molecule is Cc1cc2c(cc1F)nc(CCl)n2CC(F)(F)C(F)F. The average Bonchev–Trinajstić information content (AvgIpc) is 2.67. The molecule has 110 valence electrons. The van der Waals surface area contributed by atoms with E-state index in [4.69, 9.17) is 11.6 Å². The van der Waals surface area contributed by atoms with Gasteiger partial charge >= 0.3 is 12.3 Å². The maximum atomic E-state index is 13.4. The van der Waals surface area contributed by atoms with Crippen LogP contribution in [0.2, 0.25) is 0 Å². The second kappa shape index (κ2) is 5.20. The van der Waals surface area contributed by atoms with E-state index in [1.165, 1.54) is 13.0 Å². The van der Waals surface area contributed by atoms with Gasteiger partial charge in [-0.25, -0.2) is 18.2 Å². The lowest BCUT2D eigenvalue weighted by Crippen LogP contribution is -2.32. The highest BCUT2D eigenvalue weighted by molar-refractivity contribution is 6.16. The van der Waals surface area contributed by atoms with E-state index in [9.17, 15) is 22.0 Å². The summed E-state index contributed by atoms with van der Waals surface area (Å²) < 4.78 is 65.4. The summed E-state index contributed by atoms with van der Waals surface area (Å²) in [5, 5.41) is 0. The van der Waals surface area contributed by atoms with E-state index in [2.05, 4.69) is 4.98 Å². The minimum atomic E-state index is -4.21. The van der Waals surface area contributed by atoms with Crippen LogP contribution in [0, 0.1) is 12.7 Å². The van der Waals surface area contributed by atoms with E-state index in [0.717, 1.165) is 10.6 Å². The van der Waals surface area contributed by atoms with Gasteiger partial charge in [-0.15, -0.1) is 11.6 Å². The largest absolute Gasteiger partial charge is 0.324 e. The Balaban J connectivity index is 2.59. The molecule has 0 aliphatic carbocycles. The summed E-state index contributed by atoms with van der Waals surface area (Å²) in [6.45, 7) is 0.187. The quantitative estimate of drug-likeness (QED) is 0.613. The third kappa shape index (κ3) is 2.59. The standard InChI is InChI=1S/C12H10ClF5N2/c1-6-2-9-8(3-7(6)14)19-10(4-13)20(9)5-12(17,18)11(15)16/h2-3,11H,4-5H2,1H3. The first kappa shape index (κ1) is 15.0. The minimum absolute atomic E-state index is 0.00742. The number of rotatable bonds is 4. The number of hydrogen-bond acceptors (Lipinski definition) is 1. The van der Waals surface area contributed by atoms with Crippen molar-refractivity contribution in [3.05, 3.63) is 29.3 Å². The summed E-state index contributed by atoms with van der Waals surface area (Å²) in [5.41, 5.74) is 0.467. The van der Waals surface area contributed by atoms with Gasteiger partial charge in [0.25, 0.3) is 0 Å². The van der Waals surface area contributed by atoms with Gasteiger partial charge < -0.3 is 4.57 Å². The van der Waals surface area contributed by atoms with Gasteiger partial charge in [0.2, 0.25) is 0 Å². The number of alkyl halides is 5. The number of aryl methyl sites for hydroxylation is 1. The zero-order chi connectivity index (χ0) is 15.1. The molecule has 2 rings (SSSR count). The van der Waals surface area contributed by atoms with Crippen LogP contribution in [0.5, 0.6) is 0 Å². The summed E-state index contributed by atoms with van der Waals surface area (Å²) in [4.78, 5) is 3.89. The van der Waals surface area contributed by atoms with Crippen molar-refractivity contribution in [2.75, 3.05) is 0 Å². The molecule has 1 aromatic carbocycles. The van der Waals surface area contributed by atoms with E-state index >= 15 is 0 Å². The zero-order valence-electron chi connectivity index (χ0n) is 10.3. The van der Waals surface area contributed by atoms with Crippen molar-refractivity contribution < 1.29 is 22.0 Å². The number of hydrogen-bond donors (Lipinski definition) is 0. The molecule has 0 saturated heterocycles. The number of fused-ring (bicyclic) bond motifs is 1. The molecule has 0 radical (unpaired) electrons. The van der Waals surface area contributed by atoms with Gasteiger partial charge in [-0.3, -0.25) is 0 Å². The van der Waals surface area contributed by atoms with Crippen LogP contribution < -0.4 is 0 Å². The molecule has 1 aromatic heterocycles. The predicted molar refractivity (Wildman–Crippen MR) is 64.9 cm³/mol. The molecule has 0 bridgehead atoms. The fourth-order valence-corrected chi connectivity index (χ4v) is 2.06. The third-order valence-corrected chi connectivity index (χ3v) is 3.15. The fraction of sp³-hybridized carbons (Fsp3) is 0.417. The number of halogens is 6. The van der Waals surface area contributed by atoms with Crippen LogP contribution in [0.4, 0.5) is 22.0 Å². The van der Waals surface area contributed by atoms with Crippen molar-refractivity contribution in [2.24, 2.45) is 0 Å². The van der Waals surface area contributed by atoms with E-state index in [1.807, 2.05) is 0 Å². The molecule has 8 heteroatoms. The Labute approximate surface area is 116 Å². The van der Waals surface area contributed by atoms with Crippen LogP contribution >= 0.6 is 11.6 Å². The van der Waals surface area contributed by atoms with Crippen molar-refractivity contribution in [1.29, 1.82) is 0 Å². The van der Waals surface area contributed by atoms with Crippen LogP contribution in [0.1, 0.15) is 11.4 Å². The molecule has 2 nitrogen and oxygen atoms in total. The van der Waals surface area contributed by atoms with E-state index in [1.54, 1.807) is 0 Å². The molecule has 0 N–H and O–H groups in total. The maximum Gasteiger partial charge on any atom is 0.324 e. The first-order chi connectivity index (χ1) is 9.26. The molecule has 1 heterocycles. The van der Waals surface area contributed by atoms with Crippen LogP contribution in [0.25, 0.3) is 11.0 Å². The summed E-state index contributed by atoms with van der Waals surface area (Å²) in [6, 6.07) is 2.35. The Kier molecular flexibility index (Phi) is 3.90. The van der Waals surface area contributed by atoms with E-state index in [-0.39, 0.29) is 28.3 Å². The summed E-state index contributed by atoms with van der Waals surface area (Å²) in [7, 11) is 0. The third-order valence-electron chi connectivity index (χ3n) is 2.92.